The first-order valence-corrected chi connectivity index (χ1v) is 19.4. The lowest BCUT2D eigenvalue weighted by Gasteiger charge is -2.28. The molecule has 56 heavy (non-hydrogen) atoms. The summed E-state index contributed by atoms with van der Waals surface area (Å²) in [6.45, 7) is 1.75. The SMILES string of the molecule is COC(=O)N[C@@H](C(=O)N1CCCC1c1ncc(C2Cn3cc(-c4cnc([C@@H]5CCCN5C(=O)[C@H](NC(=O)OC)c5ccccc5)[nH]4)nc3S2)[nH]1)c1ccccc1. The van der Waals surface area contributed by atoms with Gasteiger partial charge in [0.1, 0.15) is 29.4 Å². The summed E-state index contributed by atoms with van der Waals surface area (Å²) < 4.78 is 11.8. The van der Waals surface area contributed by atoms with E-state index in [9.17, 15) is 19.2 Å². The van der Waals surface area contributed by atoms with Crippen molar-refractivity contribution in [2.24, 2.45) is 0 Å². The van der Waals surface area contributed by atoms with E-state index in [2.05, 4.69) is 30.2 Å². The van der Waals surface area contributed by atoms with Crippen LogP contribution in [0.4, 0.5) is 9.59 Å². The van der Waals surface area contributed by atoms with E-state index in [0.717, 1.165) is 47.9 Å². The molecule has 4 N–H and O–H groups in total. The Balaban J connectivity index is 0.931. The van der Waals surface area contributed by atoms with Gasteiger partial charge in [-0.3, -0.25) is 9.59 Å². The number of nitrogens with one attached hydrogen (secondary N) is 4. The second kappa shape index (κ2) is 15.9. The van der Waals surface area contributed by atoms with Gasteiger partial charge in [0.2, 0.25) is 0 Å². The van der Waals surface area contributed by atoms with E-state index in [1.807, 2.05) is 73.1 Å². The smallest absolute Gasteiger partial charge is 0.407 e. The molecule has 8 rings (SSSR count). The lowest BCUT2D eigenvalue weighted by Crippen LogP contribution is -2.42. The number of aromatic amines is 2. The van der Waals surface area contributed by atoms with Crippen molar-refractivity contribution in [1.29, 1.82) is 0 Å². The summed E-state index contributed by atoms with van der Waals surface area (Å²) in [5, 5.41) is 6.31. The maximum Gasteiger partial charge on any atom is 0.407 e. The standard InChI is InChI=1S/C39H42N10O6S/c1-54-38(52)45-31(23-11-5-3-6-12-23)35(50)48-17-9-15-28(48)33-40-19-25(42-33)27-21-47-22-30(56-37(47)44-27)26-20-41-34(43-26)29-16-10-18-49(29)36(51)32(46-39(53)55-2)24-13-7-4-8-14-24/h3-8,11-14,19-21,28-32H,9-10,15-18,22H2,1-2H3,(H,40,42)(H,41,43)(H,45,52)(H,46,53)/t28-,29?,30?,31+,32+/m0/s1. The highest BCUT2D eigenvalue weighted by Gasteiger charge is 2.39. The van der Waals surface area contributed by atoms with Gasteiger partial charge in [0.15, 0.2) is 5.16 Å². The molecule has 2 fully saturated rings. The average molecular weight is 779 g/mol. The number of carbonyl (C=O) groups is 4. The number of benzene rings is 2. The van der Waals surface area contributed by atoms with E-state index in [0.29, 0.717) is 42.4 Å². The number of thioether (sulfide) groups is 1. The van der Waals surface area contributed by atoms with Crippen LogP contribution in [0, 0.1) is 0 Å². The van der Waals surface area contributed by atoms with Crippen LogP contribution in [-0.2, 0) is 25.6 Å². The predicted octanol–water partition coefficient (Wildman–Crippen LogP) is 5.36. The minimum absolute atomic E-state index is 0.0444. The Labute approximate surface area is 326 Å². The number of alkyl carbamates (subject to hydrolysis) is 2. The van der Waals surface area contributed by atoms with E-state index in [1.165, 1.54) is 14.2 Å². The van der Waals surface area contributed by atoms with Gasteiger partial charge < -0.3 is 44.4 Å². The first-order chi connectivity index (χ1) is 27.3. The molecule has 5 aromatic rings. The minimum Gasteiger partial charge on any atom is -0.453 e. The second-order valence-corrected chi connectivity index (χ2v) is 15.1. The van der Waals surface area contributed by atoms with E-state index >= 15 is 0 Å². The molecule has 3 aliphatic rings. The summed E-state index contributed by atoms with van der Waals surface area (Å²) in [7, 11) is 2.55. The molecule has 290 valence electrons. The number of hydrogen-bond donors (Lipinski definition) is 4. The third-order valence-corrected chi connectivity index (χ3v) is 11.8. The van der Waals surface area contributed by atoms with Crippen molar-refractivity contribution in [1.82, 2.24) is 49.9 Å². The van der Waals surface area contributed by atoms with Crippen LogP contribution in [0.3, 0.4) is 0 Å². The van der Waals surface area contributed by atoms with Crippen LogP contribution in [0.1, 0.15) is 83.6 Å². The van der Waals surface area contributed by atoms with Gasteiger partial charge >= 0.3 is 12.2 Å². The number of likely N-dealkylation sites (tertiary alicyclic amines) is 2. The number of fused-ring (bicyclic) bond motifs is 1. The van der Waals surface area contributed by atoms with Gasteiger partial charge in [-0.25, -0.2) is 24.5 Å². The van der Waals surface area contributed by atoms with Crippen LogP contribution < -0.4 is 10.6 Å². The number of amides is 4. The van der Waals surface area contributed by atoms with Gasteiger partial charge in [-0.15, -0.1) is 0 Å². The number of imidazole rings is 3. The van der Waals surface area contributed by atoms with Crippen LogP contribution in [0.5, 0.6) is 0 Å². The van der Waals surface area contributed by atoms with Crippen molar-refractivity contribution >= 4 is 35.8 Å². The summed E-state index contributed by atoms with van der Waals surface area (Å²) in [6, 6.07) is 16.0. The molecule has 5 atom stereocenters. The first kappa shape index (κ1) is 36.9. The number of nitrogens with zero attached hydrogens (tertiary/aromatic N) is 6. The first-order valence-electron chi connectivity index (χ1n) is 18.5. The zero-order valence-corrected chi connectivity index (χ0v) is 31.7. The van der Waals surface area contributed by atoms with Crippen molar-refractivity contribution in [2.45, 2.75) is 66.8 Å². The third-order valence-electron chi connectivity index (χ3n) is 10.5. The fraction of sp³-hybridized carbons (Fsp3) is 0.359. The second-order valence-electron chi connectivity index (χ2n) is 13.9. The summed E-state index contributed by atoms with van der Waals surface area (Å²) in [5.41, 5.74) is 3.77. The summed E-state index contributed by atoms with van der Waals surface area (Å²) in [6.07, 6.45) is 7.31. The Morgan fingerprint density at radius 3 is 1.84 bits per heavy atom. The monoisotopic (exact) mass is 778 g/mol. The van der Waals surface area contributed by atoms with Gasteiger partial charge in [0, 0.05) is 32.0 Å². The summed E-state index contributed by atoms with van der Waals surface area (Å²) in [4.78, 5) is 77.0. The van der Waals surface area contributed by atoms with Crippen molar-refractivity contribution < 1.29 is 28.7 Å². The number of rotatable bonds is 10. The number of H-pyrrole nitrogens is 2. The highest BCUT2D eigenvalue weighted by atomic mass is 32.2. The van der Waals surface area contributed by atoms with E-state index in [-0.39, 0.29) is 29.1 Å². The Bertz CT molecular complexity index is 2180. The van der Waals surface area contributed by atoms with Crippen LogP contribution >= 0.6 is 11.8 Å². The Morgan fingerprint density at radius 1 is 0.768 bits per heavy atom. The third kappa shape index (κ3) is 7.33. The summed E-state index contributed by atoms with van der Waals surface area (Å²) >= 11 is 1.63. The van der Waals surface area contributed by atoms with Gasteiger partial charge in [-0.2, -0.15) is 0 Å². The normalized spacial score (nSPS) is 20.0. The largest absolute Gasteiger partial charge is 0.453 e. The predicted molar refractivity (Wildman–Crippen MR) is 204 cm³/mol. The maximum atomic E-state index is 13.9. The van der Waals surface area contributed by atoms with Crippen LogP contribution in [0.2, 0.25) is 0 Å². The molecule has 0 saturated carbocycles. The van der Waals surface area contributed by atoms with Gasteiger partial charge in [-0.05, 0) is 36.8 Å². The van der Waals surface area contributed by atoms with Gasteiger partial charge in [0.25, 0.3) is 11.8 Å². The molecule has 4 amide bonds. The molecule has 6 heterocycles. The number of aromatic nitrogens is 6. The number of carbonyl (C=O) groups excluding carboxylic acids is 4. The maximum absolute atomic E-state index is 13.9. The zero-order chi connectivity index (χ0) is 38.8. The number of hydrogen-bond acceptors (Lipinski definition) is 10. The average Bonchev–Trinajstić information content (AvgIpc) is 4.08. The lowest BCUT2D eigenvalue weighted by molar-refractivity contribution is -0.135. The van der Waals surface area contributed by atoms with Gasteiger partial charge in [0.05, 0.1) is 49.1 Å². The Kier molecular flexibility index (Phi) is 10.5. The molecule has 2 unspecified atom stereocenters. The highest BCUT2D eigenvalue weighted by Crippen LogP contribution is 2.44. The van der Waals surface area contributed by atoms with Crippen molar-refractivity contribution in [2.75, 3.05) is 27.3 Å². The zero-order valence-electron chi connectivity index (χ0n) is 30.9. The lowest BCUT2D eigenvalue weighted by atomic mass is 10.1. The van der Waals surface area contributed by atoms with Crippen LogP contribution in [0.15, 0.2) is 84.4 Å². The van der Waals surface area contributed by atoms with Gasteiger partial charge in [-0.1, -0.05) is 72.4 Å². The molecule has 0 bridgehead atoms. The molecule has 3 aliphatic heterocycles. The van der Waals surface area contributed by atoms with E-state index in [1.54, 1.807) is 27.8 Å². The van der Waals surface area contributed by atoms with Crippen molar-refractivity contribution in [3.05, 3.63) is 108 Å². The minimum atomic E-state index is -0.896. The Hall–Kier alpha value is -6.10. The molecule has 3 aromatic heterocycles. The quantitative estimate of drug-likeness (QED) is 0.143. The Morgan fingerprint density at radius 2 is 1.30 bits per heavy atom. The fourth-order valence-corrected chi connectivity index (χ4v) is 8.91. The molecule has 2 saturated heterocycles. The molecule has 2 aromatic carbocycles. The molecule has 0 radical (unpaired) electrons. The van der Waals surface area contributed by atoms with Crippen LogP contribution in [-0.4, -0.2) is 90.6 Å². The topological polar surface area (TPSA) is 192 Å². The molecule has 0 aliphatic carbocycles. The molecule has 0 spiro atoms. The summed E-state index contributed by atoms with van der Waals surface area (Å²) in [5.74, 6) is 0.926. The molecule has 16 nitrogen and oxygen atoms in total. The number of ether oxygens (including phenoxy) is 2. The fourth-order valence-electron chi connectivity index (χ4n) is 7.76. The number of methoxy groups -OCH3 is 2. The van der Waals surface area contributed by atoms with E-state index < -0.39 is 24.3 Å². The van der Waals surface area contributed by atoms with E-state index in [4.69, 9.17) is 19.4 Å². The highest BCUT2D eigenvalue weighted by molar-refractivity contribution is 7.99. The molecular weight excluding hydrogens is 737 g/mol. The van der Waals surface area contributed by atoms with Crippen molar-refractivity contribution in [3.63, 3.8) is 0 Å². The molecule has 17 heteroatoms. The van der Waals surface area contributed by atoms with Crippen molar-refractivity contribution in [3.8, 4) is 11.4 Å². The van der Waals surface area contributed by atoms with Crippen LogP contribution in [0.25, 0.3) is 11.4 Å². The molecular formula is C39H42N10O6S.